The van der Waals surface area contributed by atoms with Gasteiger partial charge in [-0.25, -0.2) is 0 Å². The average molecular weight is 247 g/mol. The number of benzene rings is 1. The minimum atomic E-state index is -0.0373. The van der Waals surface area contributed by atoms with Crippen molar-refractivity contribution in [2.45, 2.75) is 57.8 Å². The van der Waals surface area contributed by atoms with E-state index >= 15 is 0 Å². The van der Waals surface area contributed by atoms with Crippen molar-refractivity contribution in [3.8, 4) is 0 Å². The van der Waals surface area contributed by atoms with E-state index in [1.807, 2.05) is 6.07 Å². The lowest BCUT2D eigenvalue weighted by atomic mass is 9.76. The van der Waals surface area contributed by atoms with Gasteiger partial charge in [-0.15, -0.1) is 0 Å². The van der Waals surface area contributed by atoms with E-state index in [0.29, 0.717) is 12.0 Å². The molecule has 0 unspecified atom stereocenters. The van der Waals surface area contributed by atoms with E-state index in [1.165, 1.54) is 18.4 Å². The molecule has 1 aromatic rings. The van der Waals surface area contributed by atoms with Gasteiger partial charge in [-0.05, 0) is 51.0 Å². The van der Waals surface area contributed by atoms with E-state index in [9.17, 15) is 0 Å². The van der Waals surface area contributed by atoms with E-state index in [2.05, 4.69) is 38.1 Å². The molecule has 0 atom stereocenters. The van der Waals surface area contributed by atoms with Crippen molar-refractivity contribution in [2.75, 3.05) is 0 Å². The SMILES string of the molecule is CC(C)(N)C1CCC(OCc2ccccc2)CC1. The van der Waals surface area contributed by atoms with Gasteiger partial charge in [0.15, 0.2) is 0 Å². The highest BCUT2D eigenvalue weighted by atomic mass is 16.5. The zero-order valence-electron chi connectivity index (χ0n) is 11.6. The molecule has 0 aliphatic heterocycles. The molecule has 1 aliphatic carbocycles. The van der Waals surface area contributed by atoms with Gasteiger partial charge in [-0.3, -0.25) is 0 Å². The van der Waals surface area contributed by atoms with Crippen LogP contribution in [0.5, 0.6) is 0 Å². The molecule has 0 radical (unpaired) electrons. The summed E-state index contributed by atoms with van der Waals surface area (Å²) < 4.78 is 5.99. The van der Waals surface area contributed by atoms with Crippen molar-refractivity contribution >= 4 is 0 Å². The van der Waals surface area contributed by atoms with Gasteiger partial charge in [0.25, 0.3) is 0 Å². The molecule has 0 amide bonds. The molecule has 1 aliphatic rings. The Kier molecular flexibility index (Phi) is 4.41. The average Bonchev–Trinajstić information content (AvgIpc) is 2.37. The highest BCUT2D eigenvalue weighted by Gasteiger charge is 2.30. The molecular weight excluding hydrogens is 222 g/mol. The quantitative estimate of drug-likeness (QED) is 0.883. The molecule has 2 N–H and O–H groups in total. The van der Waals surface area contributed by atoms with Crippen LogP contribution in [0.3, 0.4) is 0 Å². The lowest BCUT2D eigenvalue weighted by Crippen LogP contribution is -2.43. The van der Waals surface area contributed by atoms with Crippen LogP contribution in [0.4, 0.5) is 0 Å². The van der Waals surface area contributed by atoms with Crippen LogP contribution in [0.1, 0.15) is 45.1 Å². The van der Waals surface area contributed by atoms with Crippen LogP contribution in [-0.4, -0.2) is 11.6 Å². The first-order valence-electron chi connectivity index (χ1n) is 7.00. The van der Waals surface area contributed by atoms with E-state index in [0.717, 1.165) is 19.4 Å². The molecule has 2 nitrogen and oxygen atoms in total. The van der Waals surface area contributed by atoms with Crippen molar-refractivity contribution in [3.63, 3.8) is 0 Å². The van der Waals surface area contributed by atoms with Crippen molar-refractivity contribution in [1.29, 1.82) is 0 Å². The Balaban J connectivity index is 1.74. The Bertz CT molecular complexity index is 347. The van der Waals surface area contributed by atoms with Crippen LogP contribution in [-0.2, 0) is 11.3 Å². The summed E-state index contributed by atoms with van der Waals surface area (Å²) in [6.45, 7) is 5.02. The first kappa shape index (κ1) is 13.6. The van der Waals surface area contributed by atoms with Crippen LogP contribution < -0.4 is 5.73 Å². The first-order valence-corrected chi connectivity index (χ1v) is 7.00. The maximum absolute atomic E-state index is 6.18. The van der Waals surface area contributed by atoms with Gasteiger partial charge in [-0.2, -0.15) is 0 Å². The van der Waals surface area contributed by atoms with Crippen molar-refractivity contribution in [3.05, 3.63) is 35.9 Å². The third-order valence-corrected chi connectivity index (χ3v) is 4.05. The summed E-state index contributed by atoms with van der Waals surface area (Å²) in [4.78, 5) is 0. The molecule has 2 rings (SSSR count). The van der Waals surface area contributed by atoms with Gasteiger partial charge >= 0.3 is 0 Å². The molecule has 2 heteroatoms. The number of ether oxygens (including phenoxy) is 1. The van der Waals surface area contributed by atoms with Crippen molar-refractivity contribution in [1.82, 2.24) is 0 Å². The smallest absolute Gasteiger partial charge is 0.0720 e. The largest absolute Gasteiger partial charge is 0.374 e. The minimum absolute atomic E-state index is 0.0373. The fraction of sp³-hybridized carbons (Fsp3) is 0.625. The van der Waals surface area contributed by atoms with Crippen LogP contribution in [0.2, 0.25) is 0 Å². The molecule has 1 saturated carbocycles. The summed E-state index contributed by atoms with van der Waals surface area (Å²) in [6.07, 6.45) is 5.12. The summed E-state index contributed by atoms with van der Waals surface area (Å²) in [6, 6.07) is 10.4. The van der Waals surface area contributed by atoms with Crippen LogP contribution in [0.25, 0.3) is 0 Å². The Hall–Kier alpha value is -0.860. The molecule has 1 aromatic carbocycles. The molecule has 0 spiro atoms. The highest BCUT2D eigenvalue weighted by molar-refractivity contribution is 5.13. The maximum Gasteiger partial charge on any atom is 0.0720 e. The molecule has 1 fully saturated rings. The molecule has 0 aromatic heterocycles. The summed E-state index contributed by atoms with van der Waals surface area (Å²) in [5, 5.41) is 0. The van der Waals surface area contributed by atoms with Crippen LogP contribution >= 0.6 is 0 Å². The Morgan fingerprint density at radius 1 is 1.11 bits per heavy atom. The summed E-state index contributed by atoms with van der Waals surface area (Å²) in [7, 11) is 0. The number of hydrogen-bond donors (Lipinski definition) is 1. The Morgan fingerprint density at radius 2 is 1.72 bits per heavy atom. The van der Waals surface area contributed by atoms with Gasteiger partial charge in [0.2, 0.25) is 0 Å². The Morgan fingerprint density at radius 3 is 2.28 bits per heavy atom. The number of rotatable bonds is 4. The molecule has 0 saturated heterocycles. The zero-order chi connectivity index (χ0) is 13.0. The molecule has 0 bridgehead atoms. The van der Waals surface area contributed by atoms with E-state index in [-0.39, 0.29) is 5.54 Å². The van der Waals surface area contributed by atoms with Crippen LogP contribution in [0, 0.1) is 5.92 Å². The fourth-order valence-corrected chi connectivity index (χ4v) is 2.76. The third-order valence-electron chi connectivity index (χ3n) is 4.05. The predicted molar refractivity (Wildman–Crippen MR) is 75.2 cm³/mol. The minimum Gasteiger partial charge on any atom is -0.374 e. The molecule has 18 heavy (non-hydrogen) atoms. The van der Waals surface area contributed by atoms with Crippen molar-refractivity contribution < 1.29 is 4.74 Å². The predicted octanol–water partition coefficient (Wildman–Crippen LogP) is 3.50. The standard InChI is InChI=1S/C16H25NO/c1-16(2,17)14-8-10-15(11-9-14)18-12-13-6-4-3-5-7-13/h3-7,14-15H,8-12,17H2,1-2H3. The second-order valence-electron chi connectivity index (χ2n) is 6.09. The van der Waals surface area contributed by atoms with Crippen LogP contribution in [0.15, 0.2) is 30.3 Å². The normalized spacial score (nSPS) is 25.1. The van der Waals surface area contributed by atoms with E-state index in [4.69, 9.17) is 10.5 Å². The van der Waals surface area contributed by atoms with Gasteiger partial charge in [0.05, 0.1) is 12.7 Å². The lowest BCUT2D eigenvalue weighted by Gasteiger charge is -2.36. The monoisotopic (exact) mass is 247 g/mol. The maximum atomic E-state index is 6.18. The van der Waals surface area contributed by atoms with Gasteiger partial charge in [0.1, 0.15) is 0 Å². The summed E-state index contributed by atoms with van der Waals surface area (Å²) in [5.74, 6) is 0.647. The highest BCUT2D eigenvalue weighted by Crippen LogP contribution is 2.32. The molecular formula is C16H25NO. The second-order valence-corrected chi connectivity index (χ2v) is 6.09. The number of hydrogen-bond acceptors (Lipinski definition) is 2. The topological polar surface area (TPSA) is 35.2 Å². The second kappa shape index (κ2) is 5.85. The molecule has 0 heterocycles. The van der Waals surface area contributed by atoms with Gasteiger partial charge in [-0.1, -0.05) is 30.3 Å². The summed E-state index contributed by atoms with van der Waals surface area (Å²) in [5.41, 5.74) is 7.41. The molecule has 100 valence electrons. The van der Waals surface area contributed by atoms with Gasteiger partial charge in [0, 0.05) is 5.54 Å². The first-order chi connectivity index (χ1) is 8.55. The van der Waals surface area contributed by atoms with Crippen molar-refractivity contribution in [2.24, 2.45) is 11.7 Å². The Labute approximate surface area is 111 Å². The zero-order valence-corrected chi connectivity index (χ0v) is 11.6. The van der Waals surface area contributed by atoms with E-state index in [1.54, 1.807) is 0 Å². The third kappa shape index (κ3) is 3.82. The summed E-state index contributed by atoms with van der Waals surface area (Å²) >= 11 is 0. The lowest BCUT2D eigenvalue weighted by molar-refractivity contribution is 0.000416. The van der Waals surface area contributed by atoms with E-state index < -0.39 is 0 Å². The van der Waals surface area contributed by atoms with Gasteiger partial charge < -0.3 is 10.5 Å². The fourth-order valence-electron chi connectivity index (χ4n) is 2.76. The number of nitrogens with two attached hydrogens (primary N) is 1.